The van der Waals surface area contributed by atoms with Gasteiger partial charge >= 0.3 is 0 Å². The van der Waals surface area contributed by atoms with Crippen molar-refractivity contribution in [1.82, 2.24) is 0 Å². The van der Waals surface area contributed by atoms with Gasteiger partial charge < -0.3 is 9.47 Å². The SMILES string of the molecule is CCCOc1c(I)cc(C=Nc2sc3c(c2C#N)CC[C@H](C(C)(C)C)C3)cc1OC. The molecule has 0 spiro atoms. The number of fused-ring (bicyclic) bond motifs is 1. The van der Waals surface area contributed by atoms with Crippen LogP contribution in [0.3, 0.4) is 0 Å². The molecule has 0 amide bonds. The van der Waals surface area contributed by atoms with Gasteiger partial charge in [0.25, 0.3) is 0 Å². The highest BCUT2D eigenvalue weighted by Crippen LogP contribution is 2.45. The first-order valence-electron chi connectivity index (χ1n) is 10.4. The summed E-state index contributed by atoms with van der Waals surface area (Å²) in [5.74, 6) is 2.12. The lowest BCUT2D eigenvalue weighted by atomic mass is 9.72. The maximum Gasteiger partial charge on any atom is 0.174 e. The van der Waals surface area contributed by atoms with Gasteiger partial charge in [-0.05, 0) is 82.9 Å². The minimum atomic E-state index is 0.284. The van der Waals surface area contributed by atoms with Crippen molar-refractivity contribution >= 4 is 45.1 Å². The van der Waals surface area contributed by atoms with Gasteiger partial charge in [0.1, 0.15) is 11.1 Å². The van der Waals surface area contributed by atoms with E-state index >= 15 is 0 Å². The number of nitriles is 1. The molecule has 1 aliphatic rings. The Morgan fingerprint density at radius 2 is 2.13 bits per heavy atom. The number of ether oxygens (including phenoxy) is 2. The molecule has 0 fully saturated rings. The van der Waals surface area contributed by atoms with E-state index in [-0.39, 0.29) is 5.41 Å². The van der Waals surface area contributed by atoms with Crippen molar-refractivity contribution in [2.75, 3.05) is 13.7 Å². The average Bonchev–Trinajstić information content (AvgIpc) is 3.07. The molecule has 1 atom stereocenters. The third kappa shape index (κ3) is 5.00. The van der Waals surface area contributed by atoms with Gasteiger partial charge in [0, 0.05) is 11.1 Å². The topological polar surface area (TPSA) is 54.6 Å². The van der Waals surface area contributed by atoms with Gasteiger partial charge in [-0.3, -0.25) is 0 Å². The normalized spacial score (nSPS) is 16.4. The molecular formula is C24H29IN2O2S. The summed E-state index contributed by atoms with van der Waals surface area (Å²) in [5, 5.41) is 10.6. The maximum atomic E-state index is 9.78. The zero-order valence-electron chi connectivity index (χ0n) is 18.3. The molecule has 1 aromatic carbocycles. The average molecular weight is 536 g/mol. The van der Waals surface area contributed by atoms with E-state index in [1.54, 1.807) is 18.4 Å². The van der Waals surface area contributed by atoms with Crippen molar-refractivity contribution < 1.29 is 9.47 Å². The molecule has 0 saturated carbocycles. The van der Waals surface area contributed by atoms with Crippen molar-refractivity contribution in [1.29, 1.82) is 5.26 Å². The lowest BCUT2D eigenvalue weighted by Gasteiger charge is -2.33. The Balaban J connectivity index is 1.89. The molecule has 1 aliphatic carbocycles. The number of halogens is 1. The predicted molar refractivity (Wildman–Crippen MR) is 133 cm³/mol. The first kappa shape index (κ1) is 23.1. The number of aliphatic imine (C=N–C) groups is 1. The van der Waals surface area contributed by atoms with E-state index in [9.17, 15) is 5.26 Å². The molecule has 0 unspecified atom stereocenters. The van der Waals surface area contributed by atoms with Crippen LogP contribution >= 0.6 is 33.9 Å². The van der Waals surface area contributed by atoms with E-state index < -0.39 is 0 Å². The van der Waals surface area contributed by atoms with Crippen LogP contribution in [0.5, 0.6) is 11.5 Å². The van der Waals surface area contributed by atoms with Crippen LogP contribution in [0.2, 0.25) is 0 Å². The summed E-state index contributed by atoms with van der Waals surface area (Å²) >= 11 is 3.94. The second-order valence-electron chi connectivity index (χ2n) is 8.74. The first-order valence-corrected chi connectivity index (χ1v) is 12.3. The lowest BCUT2D eigenvalue weighted by molar-refractivity contribution is 0.218. The largest absolute Gasteiger partial charge is 0.493 e. The molecule has 160 valence electrons. The third-order valence-electron chi connectivity index (χ3n) is 5.62. The highest BCUT2D eigenvalue weighted by molar-refractivity contribution is 14.1. The minimum Gasteiger partial charge on any atom is -0.493 e. The summed E-state index contributed by atoms with van der Waals surface area (Å²) < 4.78 is 12.4. The number of hydrogen-bond acceptors (Lipinski definition) is 5. The van der Waals surface area contributed by atoms with Crippen LogP contribution in [-0.2, 0) is 12.8 Å². The molecule has 0 saturated heterocycles. The van der Waals surface area contributed by atoms with Crippen molar-refractivity contribution in [3.8, 4) is 17.6 Å². The van der Waals surface area contributed by atoms with Crippen LogP contribution in [0.25, 0.3) is 0 Å². The Bertz CT molecular complexity index is 983. The fourth-order valence-electron chi connectivity index (χ4n) is 3.81. The zero-order chi connectivity index (χ0) is 21.9. The van der Waals surface area contributed by atoms with E-state index in [0.29, 0.717) is 18.3 Å². The molecule has 1 heterocycles. The van der Waals surface area contributed by atoms with Crippen molar-refractivity contribution in [2.45, 2.75) is 53.4 Å². The van der Waals surface area contributed by atoms with E-state index in [4.69, 9.17) is 14.5 Å². The number of hydrogen-bond donors (Lipinski definition) is 0. The number of nitrogens with zero attached hydrogens (tertiary/aromatic N) is 2. The van der Waals surface area contributed by atoms with Gasteiger partial charge in [-0.25, -0.2) is 4.99 Å². The van der Waals surface area contributed by atoms with Crippen LogP contribution < -0.4 is 9.47 Å². The van der Waals surface area contributed by atoms with Crippen molar-refractivity contribution in [3.05, 3.63) is 37.3 Å². The number of methoxy groups -OCH3 is 1. The van der Waals surface area contributed by atoms with Crippen LogP contribution in [0.4, 0.5) is 5.00 Å². The van der Waals surface area contributed by atoms with Gasteiger partial charge in [0.05, 0.1) is 22.9 Å². The number of thiophene rings is 1. The standard InChI is InChI=1S/C24H29IN2O2S/c1-6-9-29-22-19(25)10-15(11-20(22)28-5)14-27-23-18(13-26)17-8-7-16(24(2,3)4)12-21(17)30-23/h10-11,14,16H,6-9,12H2,1-5H3/t16-/m0/s1. The lowest BCUT2D eigenvalue weighted by Crippen LogP contribution is -2.26. The highest BCUT2D eigenvalue weighted by atomic mass is 127. The molecular weight excluding hydrogens is 507 g/mol. The summed E-state index contributed by atoms with van der Waals surface area (Å²) in [4.78, 5) is 6.05. The second kappa shape index (κ2) is 9.69. The Morgan fingerprint density at radius 1 is 1.37 bits per heavy atom. The molecule has 3 rings (SSSR count). The number of rotatable bonds is 6. The maximum absolute atomic E-state index is 9.78. The smallest absolute Gasteiger partial charge is 0.174 e. The first-order chi connectivity index (χ1) is 14.3. The fourth-order valence-corrected chi connectivity index (χ4v) is 5.81. The fraction of sp³-hybridized carbons (Fsp3) is 0.500. The summed E-state index contributed by atoms with van der Waals surface area (Å²) in [6.07, 6.45) is 5.93. The molecule has 0 N–H and O–H groups in total. The van der Waals surface area contributed by atoms with E-state index in [1.165, 1.54) is 10.4 Å². The van der Waals surface area contributed by atoms with E-state index in [2.05, 4.69) is 56.4 Å². The monoisotopic (exact) mass is 536 g/mol. The molecule has 0 aliphatic heterocycles. The predicted octanol–water partition coefficient (Wildman–Crippen LogP) is 6.92. The van der Waals surface area contributed by atoms with Crippen molar-refractivity contribution in [3.63, 3.8) is 0 Å². The summed E-state index contributed by atoms with van der Waals surface area (Å²) in [5.41, 5.74) is 3.18. The molecule has 1 aromatic heterocycles. The Labute approximate surface area is 197 Å². The Kier molecular flexibility index (Phi) is 7.46. The molecule has 0 bridgehead atoms. The van der Waals surface area contributed by atoms with Gasteiger partial charge in [0.2, 0.25) is 0 Å². The summed E-state index contributed by atoms with van der Waals surface area (Å²) in [6, 6.07) is 6.38. The number of benzene rings is 1. The quantitative estimate of drug-likeness (QED) is 0.297. The highest BCUT2D eigenvalue weighted by Gasteiger charge is 2.32. The van der Waals surface area contributed by atoms with Gasteiger partial charge in [0.15, 0.2) is 11.5 Å². The summed E-state index contributed by atoms with van der Waals surface area (Å²) in [7, 11) is 1.65. The molecule has 6 heteroatoms. The van der Waals surface area contributed by atoms with Crippen LogP contribution in [0.1, 0.15) is 62.1 Å². The van der Waals surface area contributed by atoms with Crippen LogP contribution in [0.15, 0.2) is 17.1 Å². The molecule has 4 nitrogen and oxygen atoms in total. The molecule has 0 radical (unpaired) electrons. The molecule has 30 heavy (non-hydrogen) atoms. The van der Waals surface area contributed by atoms with Crippen LogP contribution in [-0.4, -0.2) is 19.9 Å². The van der Waals surface area contributed by atoms with Gasteiger partial charge in [-0.2, -0.15) is 5.26 Å². The Morgan fingerprint density at radius 3 is 2.77 bits per heavy atom. The third-order valence-corrected chi connectivity index (χ3v) is 7.58. The van der Waals surface area contributed by atoms with Gasteiger partial charge in [-0.1, -0.05) is 27.7 Å². The van der Waals surface area contributed by atoms with E-state index in [1.807, 2.05) is 18.3 Å². The van der Waals surface area contributed by atoms with Gasteiger partial charge in [-0.15, -0.1) is 11.3 Å². The summed E-state index contributed by atoms with van der Waals surface area (Å²) in [6.45, 7) is 9.66. The van der Waals surface area contributed by atoms with Crippen molar-refractivity contribution in [2.24, 2.45) is 16.3 Å². The Hall–Kier alpha value is -1.59. The zero-order valence-corrected chi connectivity index (χ0v) is 21.3. The van der Waals surface area contributed by atoms with E-state index in [0.717, 1.165) is 51.1 Å². The molecule has 2 aromatic rings. The second-order valence-corrected chi connectivity index (χ2v) is 11.0. The van der Waals surface area contributed by atoms with Crippen LogP contribution in [0, 0.1) is 26.2 Å². The minimum absolute atomic E-state index is 0.284.